The molecule has 1 saturated heterocycles. The Bertz CT molecular complexity index is 258. The van der Waals surface area contributed by atoms with Gasteiger partial charge in [0.05, 0.1) is 6.10 Å². The molecule has 64 valence electrons. The minimum absolute atomic E-state index is 0.00685. The van der Waals surface area contributed by atoms with E-state index in [9.17, 15) is 5.11 Å². The van der Waals surface area contributed by atoms with Crippen molar-refractivity contribution in [3.63, 3.8) is 0 Å². The Labute approximate surface area is 71.8 Å². The third kappa shape index (κ3) is 1.36. The fourth-order valence-corrected chi connectivity index (χ4v) is 1.37. The van der Waals surface area contributed by atoms with Crippen LogP contribution < -0.4 is 0 Å². The first-order valence-corrected chi connectivity index (χ1v) is 4.17. The summed E-state index contributed by atoms with van der Waals surface area (Å²) in [6.07, 6.45) is -0.242. The van der Waals surface area contributed by atoms with Crippen LogP contribution in [0.25, 0.3) is 0 Å². The highest BCUT2D eigenvalue weighted by atomic mass is 16.6. The van der Waals surface area contributed by atoms with Gasteiger partial charge in [-0.15, -0.1) is 0 Å². The number of benzene rings is 1. The molecule has 1 aliphatic rings. The molecule has 0 spiro atoms. The van der Waals surface area contributed by atoms with E-state index >= 15 is 0 Å². The lowest BCUT2D eigenvalue weighted by atomic mass is 10.1. The summed E-state index contributed by atoms with van der Waals surface area (Å²) in [5.74, 6) is 0. The van der Waals surface area contributed by atoms with Crippen molar-refractivity contribution in [2.75, 3.05) is 0 Å². The zero-order valence-electron chi connectivity index (χ0n) is 6.97. The molecular formula is C10H12O2. The van der Waals surface area contributed by atoms with Crippen molar-refractivity contribution in [3.8, 4) is 0 Å². The van der Waals surface area contributed by atoms with Crippen LogP contribution in [-0.2, 0) is 4.74 Å². The lowest BCUT2D eigenvalue weighted by Crippen LogP contribution is -2.06. The van der Waals surface area contributed by atoms with Crippen LogP contribution in [-0.4, -0.2) is 17.3 Å². The van der Waals surface area contributed by atoms with Gasteiger partial charge in [-0.3, -0.25) is 0 Å². The average molecular weight is 164 g/mol. The van der Waals surface area contributed by atoms with Crippen LogP contribution >= 0.6 is 0 Å². The fourth-order valence-electron chi connectivity index (χ4n) is 1.37. The molecule has 0 aliphatic carbocycles. The first-order chi connectivity index (χ1) is 5.79. The van der Waals surface area contributed by atoms with Crippen molar-refractivity contribution in [2.45, 2.75) is 25.2 Å². The fraction of sp³-hybridized carbons (Fsp3) is 0.400. The lowest BCUT2D eigenvalue weighted by molar-refractivity contribution is 0.137. The van der Waals surface area contributed by atoms with E-state index in [0.717, 1.165) is 5.56 Å². The zero-order chi connectivity index (χ0) is 8.55. The maximum absolute atomic E-state index is 9.71. The van der Waals surface area contributed by atoms with Gasteiger partial charge in [-0.25, -0.2) is 0 Å². The molecule has 0 bridgehead atoms. The molecule has 1 N–H and O–H groups in total. The van der Waals surface area contributed by atoms with Crippen molar-refractivity contribution in [1.29, 1.82) is 0 Å². The highest BCUT2D eigenvalue weighted by molar-refractivity contribution is 5.20. The molecule has 1 fully saturated rings. The molecule has 0 amide bonds. The second-order valence-corrected chi connectivity index (χ2v) is 3.16. The maximum atomic E-state index is 9.71. The van der Waals surface area contributed by atoms with Crippen LogP contribution in [0.5, 0.6) is 0 Å². The molecule has 0 radical (unpaired) electrons. The van der Waals surface area contributed by atoms with Crippen molar-refractivity contribution in [1.82, 2.24) is 0 Å². The summed E-state index contributed by atoms with van der Waals surface area (Å²) in [5.41, 5.74) is 0.937. The van der Waals surface area contributed by atoms with Gasteiger partial charge in [0.1, 0.15) is 12.2 Å². The first-order valence-electron chi connectivity index (χ1n) is 4.17. The first kappa shape index (κ1) is 7.77. The number of hydrogen-bond acceptors (Lipinski definition) is 2. The summed E-state index contributed by atoms with van der Waals surface area (Å²) in [4.78, 5) is 0. The van der Waals surface area contributed by atoms with Crippen LogP contribution in [0.15, 0.2) is 30.3 Å². The van der Waals surface area contributed by atoms with E-state index in [2.05, 4.69) is 0 Å². The molecule has 0 saturated carbocycles. The highest BCUT2D eigenvalue weighted by Crippen LogP contribution is 2.33. The van der Waals surface area contributed by atoms with Gasteiger partial charge in [-0.2, -0.15) is 0 Å². The molecule has 0 aromatic heterocycles. The van der Waals surface area contributed by atoms with Crippen LogP contribution in [0.4, 0.5) is 0 Å². The zero-order valence-corrected chi connectivity index (χ0v) is 6.97. The SMILES string of the molecule is C[C@@H]1O[C@@H]1[C@H](O)c1ccccc1. The van der Waals surface area contributed by atoms with Crippen LogP contribution in [0.2, 0.25) is 0 Å². The molecular weight excluding hydrogens is 152 g/mol. The molecule has 0 unspecified atom stereocenters. The van der Waals surface area contributed by atoms with Gasteiger partial charge in [-0.1, -0.05) is 30.3 Å². The van der Waals surface area contributed by atoms with Crippen LogP contribution in [0.1, 0.15) is 18.6 Å². The van der Waals surface area contributed by atoms with E-state index in [1.807, 2.05) is 37.3 Å². The lowest BCUT2D eigenvalue weighted by Gasteiger charge is -2.06. The number of rotatable bonds is 2. The summed E-state index contributed by atoms with van der Waals surface area (Å²) in [5, 5.41) is 9.71. The van der Waals surface area contributed by atoms with E-state index in [1.54, 1.807) is 0 Å². The second kappa shape index (κ2) is 2.88. The number of epoxide rings is 1. The molecule has 1 heterocycles. The van der Waals surface area contributed by atoms with E-state index in [1.165, 1.54) is 0 Å². The monoisotopic (exact) mass is 164 g/mol. The van der Waals surface area contributed by atoms with E-state index in [0.29, 0.717) is 0 Å². The van der Waals surface area contributed by atoms with Gasteiger partial charge in [0.15, 0.2) is 0 Å². The van der Waals surface area contributed by atoms with Crippen molar-refractivity contribution >= 4 is 0 Å². The topological polar surface area (TPSA) is 32.8 Å². The van der Waals surface area contributed by atoms with Crippen molar-refractivity contribution in [2.24, 2.45) is 0 Å². The summed E-state index contributed by atoms with van der Waals surface area (Å²) < 4.78 is 5.18. The molecule has 2 nitrogen and oxygen atoms in total. The summed E-state index contributed by atoms with van der Waals surface area (Å²) in [6, 6.07) is 9.61. The largest absolute Gasteiger partial charge is 0.386 e. The number of aliphatic hydroxyl groups is 1. The van der Waals surface area contributed by atoms with Gasteiger partial charge in [0.2, 0.25) is 0 Å². The van der Waals surface area contributed by atoms with Crippen LogP contribution in [0, 0.1) is 0 Å². The Balaban J connectivity index is 2.10. The molecule has 12 heavy (non-hydrogen) atoms. The van der Waals surface area contributed by atoms with Gasteiger partial charge in [0, 0.05) is 0 Å². The highest BCUT2D eigenvalue weighted by Gasteiger charge is 2.41. The molecule has 3 atom stereocenters. The number of aliphatic hydroxyl groups excluding tert-OH is 1. The van der Waals surface area contributed by atoms with E-state index in [4.69, 9.17) is 4.74 Å². The minimum Gasteiger partial charge on any atom is -0.386 e. The minimum atomic E-state index is -0.457. The van der Waals surface area contributed by atoms with E-state index < -0.39 is 6.10 Å². The Kier molecular flexibility index (Phi) is 1.87. The normalized spacial score (nSPS) is 29.8. The Hall–Kier alpha value is -0.860. The summed E-state index contributed by atoms with van der Waals surface area (Å²) in [6.45, 7) is 1.97. The van der Waals surface area contributed by atoms with Crippen molar-refractivity contribution in [3.05, 3.63) is 35.9 Å². The predicted molar refractivity (Wildman–Crippen MR) is 45.7 cm³/mol. The third-order valence-corrected chi connectivity index (χ3v) is 2.21. The molecule has 1 aromatic rings. The standard InChI is InChI=1S/C10H12O2/c1-7-10(12-7)9(11)8-5-3-2-4-6-8/h2-7,9-11H,1H3/t7-,9+,10-/m0/s1. The smallest absolute Gasteiger partial charge is 0.114 e. The quantitative estimate of drug-likeness (QED) is 0.672. The molecule has 2 rings (SSSR count). The predicted octanol–water partition coefficient (Wildman–Crippen LogP) is 1.51. The number of hydrogen-bond donors (Lipinski definition) is 1. The number of ether oxygens (including phenoxy) is 1. The maximum Gasteiger partial charge on any atom is 0.114 e. The van der Waals surface area contributed by atoms with Gasteiger partial charge < -0.3 is 9.84 Å². The van der Waals surface area contributed by atoms with Gasteiger partial charge >= 0.3 is 0 Å². The van der Waals surface area contributed by atoms with Gasteiger partial charge in [0.25, 0.3) is 0 Å². The summed E-state index contributed by atoms with van der Waals surface area (Å²) in [7, 11) is 0. The molecule has 1 aliphatic heterocycles. The second-order valence-electron chi connectivity index (χ2n) is 3.16. The summed E-state index contributed by atoms with van der Waals surface area (Å²) >= 11 is 0. The van der Waals surface area contributed by atoms with E-state index in [-0.39, 0.29) is 12.2 Å². The van der Waals surface area contributed by atoms with Crippen molar-refractivity contribution < 1.29 is 9.84 Å². The average Bonchev–Trinajstić information content (AvgIpc) is 2.83. The van der Waals surface area contributed by atoms with Gasteiger partial charge in [-0.05, 0) is 12.5 Å². The third-order valence-electron chi connectivity index (χ3n) is 2.21. The Morgan fingerprint density at radius 2 is 1.92 bits per heavy atom. The Morgan fingerprint density at radius 3 is 2.42 bits per heavy atom. The Morgan fingerprint density at radius 1 is 1.33 bits per heavy atom. The molecule has 2 heteroatoms. The van der Waals surface area contributed by atoms with Crippen LogP contribution in [0.3, 0.4) is 0 Å². The molecule has 1 aromatic carbocycles.